The molecule has 0 aliphatic rings. The molecule has 383 valence electrons. The Morgan fingerprint density at radius 1 is 0.286 bits per heavy atom. The Labute approximate surface area is 496 Å². The zero-order chi connectivity index (χ0) is 52.9. The second-order valence-corrected chi connectivity index (χ2v) is 28.5. The van der Waals surface area contributed by atoms with Crippen molar-refractivity contribution < 1.29 is 105 Å². The number of rotatable bonds is 8. The Bertz CT molecular complexity index is 2060. The molecular formula is C62H98KN2O4Y+. The molecule has 0 aliphatic carbocycles. The predicted molar refractivity (Wildman–Crippen MR) is 292 cm³/mol. The van der Waals surface area contributed by atoms with Crippen LogP contribution in [-0.4, -0.2) is 44.3 Å². The average Bonchev–Trinajstić information content (AvgIpc) is 3.11. The summed E-state index contributed by atoms with van der Waals surface area (Å²) >= 11 is 0. The van der Waals surface area contributed by atoms with Crippen molar-refractivity contribution in [2.24, 2.45) is 0 Å². The van der Waals surface area contributed by atoms with E-state index in [-0.39, 0.29) is 127 Å². The minimum absolute atomic E-state index is 0. The van der Waals surface area contributed by atoms with Gasteiger partial charge in [-0.15, -0.1) is 0 Å². The van der Waals surface area contributed by atoms with Crippen LogP contribution in [0.4, 0.5) is 0 Å². The first-order chi connectivity index (χ1) is 30.2. The van der Waals surface area contributed by atoms with Crippen molar-refractivity contribution in [2.45, 2.75) is 236 Å². The third-order valence-electron chi connectivity index (χ3n) is 13.2. The Balaban J connectivity index is 0.000000681. The fraction of sp³-hybridized carbons (Fsp3) is 0.613. The zero-order valence-corrected chi connectivity index (χ0v) is 55.7. The summed E-state index contributed by atoms with van der Waals surface area (Å²) in [6.07, 6.45) is 0. The molecular weight excluding hydrogens is 965 g/mol. The summed E-state index contributed by atoms with van der Waals surface area (Å²) in [5.74, 6) is 1.54. The summed E-state index contributed by atoms with van der Waals surface area (Å²) in [5, 5.41) is 44.8. The summed E-state index contributed by atoms with van der Waals surface area (Å²) in [6, 6.07) is 17.2. The molecule has 0 aromatic heterocycles. The van der Waals surface area contributed by atoms with Crippen LogP contribution in [0, 0.1) is 0 Å². The van der Waals surface area contributed by atoms with E-state index in [1.807, 2.05) is 0 Å². The second-order valence-electron chi connectivity index (χ2n) is 28.5. The number of nitrogens with zero attached hydrogens (tertiary/aromatic N) is 2. The molecule has 4 aromatic rings. The fourth-order valence-corrected chi connectivity index (χ4v) is 8.55. The van der Waals surface area contributed by atoms with E-state index in [0.29, 0.717) is 49.2 Å². The summed E-state index contributed by atoms with van der Waals surface area (Å²) in [6.45, 7) is 54.7. The molecule has 70 heavy (non-hydrogen) atoms. The minimum atomic E-state index is -0.153. The fourth-order valence-electron chi connectivity index (χ4n) is 8.55. The molecule has 0 bridgehead atoms. The standard InChI is InChI=1S/2C31H49NO2.K.Y/c2*1-28(2,3)22-14-20(26(33)24(16-22)30(7,8)9)18-32(13)19-21-15-23(29(4,5)6)17-25(27(21)34)31(10,11)12;;/h2*14-17,33-34H,18-19H2,1-13H3;;/q;;+1;. The van der Waals surface area contributed by atoms with E-state index >= 15 is 0 Å². The third kappa shape index (κ3) is 18.0. The molecule has 0 spiro atoms. The molecule has 0 heterocycles. The van der Waals surface area contributed by atoms with Gasteiger partial charge in [0.25, 0.3) is 0 Å². The van der Waals surface area contributed by atoms with Crippen molar-refractivity contribution >= 4 is 0 Å². The van der Waals surface area contributed by atoms with E-state index in [1.165, 1.54) is 22.3 Å². The zero-order valence-electron chi connectivity index (χ0n) is 49.7. The van der Waals surface area contributed by atoms with Crippen molar-refractivity contribution in [3.05, 3.63) is 115 Å². The maximum atomic E-state index is 11.2. The second kappa shape index (κ2) is 23.7. The maximum absolute atomic E-state index is 11.2. The van der Waals surface area contributed by atoms with Crippen LogP contribution in [0.25, 0.3) is 0 Å². The quantitative estimate of drug-likeness (QED) is 0.132. The van der Waals surface area contributed by atoms with Crippen LogP contribution < -0.4 is 51.4 Å². The van der Waals surface area contributed by atoms with Gasteiger partial charge in [0.1, 0.15) is 23.0 Å². The summed E-state index contributed by atoms with van der Waals surface area (Å²) in [5.41, 5.74) is 11.9. The summed E-state index contributed by atoms with van der Waals surface area (Å²) in [7, 11) is 4.11. The third-order valence-corrected chi connectivity index (χ3v) is 13.2. The van der Waals surface area contributed by atoms with Gasteiger partial charge in [-0.1, -0.05) is 215 Å². The number of hydrogen-bond donors (Lipinski definition) is 4. The van der Waals surface area contributed by atoms with Gasteiger partial charge in [-0.3, -0.25) is 9.80 Å². The van der Waals surface area contributed by atoms with Crippen LogP contribution in [0.15, 0.2) is 48.5 Å². The van der Waals surface area contributed by atoms with E-state index in [1.54, 1.807) is 0 Å². The number of phenols is 4. The Morgan fingerprint density at radius 2 is 0.429 bits per heavy atom. The Hall–Kier alpha value is -1.26. The monoisotopic (exact) mass is 1060 g/mol. The molecule has 4 rings (SSSR count). The topological polar surface area (TPSA) is 87.4 Å². The van der Waals surface area contributed by atoms with Gasteiger partial charge in [0.2, 0.25) is 0 Å². The molecule has 0 aliphatic heterocycles. The van der Waals surface area contributed by atoms with Crippen molar-refractivity contribution in [1.82, 2.24) is 9.80 Å². The van der Waals surface area contributed by atoms with Gasteiger partial charge in [-0.2, -0.15) is 0 Å². The molecule has 1 radical (unpaired) electrons. The molecule has 0 saturated heterocycles. The summed E-state index contributed by atoms with van der Waals surface area (Å²) < 4.78 is 0. The average molecular weight is 1060 g/mol. The van der Waals surface area contributed by atoms with Crippen LogP contribution in [-0.2, 0) is 102 Å². The predicted octanol–water partition coefficient (Wildman–Crippen LogP) is 12.8. The van der Waals surface area contributed by atoms with Crippen LogP contribution in [0.3, 0.4) is 0 Å². The van der Waals surface area contributed by atoms with Gasteiger partial charge in [0, 0.05) is 81.1 Å². The molecule has 0 amide bonds. The van der Waals surface area contributed by atoms with Crippen LogP contribution >= 0.6 is 0 Å². The number of aromatic hydroxyl groups is 4. The normalized spacial score (nSPS) is 13.2. The minimum Gasteiger partial charge on any atom is -0.507 e. The molecule has 6 nitrogen and oxygen atoms in total. The first-order valence-electron chi connectivity index (χ1n) is 25.1. The molecule has 0 fully saturated rings. The van der Waals surface area contributed by atoms with Crippen LogP contribution in [0.2, 0.25) is 0 Å². The van der Waals surface area contributed by atoms with Gasteiger partial charge in [-0.25, -0.2) is 0 Å². The van der Waals surface area contributed by atoms with E-state index in [9.17, 15) is 20.4 Å². The van der Waals surface area contributed by atoms with Gasteiger partial charge in [-0.05, 0) is 102 Å². The van der Waals surface area contributed by atoms with Gasteiger partial charge in [0.05, 0.1) is 0 Å². The van der Waals surface area contributed by atoms with Crippen molar-refractivity contribution in [3.8, 4) is 23.0 Å². The first-order valence-corrected chi connectivity index (χ1v) is 25.1. The van der Waals surface area contributed by atoms with E-state index in [2.05, 4.69) is 239 Å². The van der Waals surface area contributed by atoms with E-state index < -0.39 is 0 Å². The van der Waals surface area contributed by atoms with E-state index in [0.717, 1.165) is 44.5 Å². The van der Waals surface area contributed by atoms with Crippen molar-refractivity contribution in [1.29, 1.82) is 0 Å². The molecule has 4 aromatic carbocycles. The van der Waals surface area contributed by atoms with Gasteiger partial charge in [0.15, 0.2) is 0 Å². The van der Waals surface area contributed by atoms with Crippen molar-refractivity contribution in [3.63, 3.8) is 0 Å². The SMILES string of the molecule is CN(Cc1cc(C(C)(C)C)cc(C(C)(C)C)c1O)Cc1cc(C(C)(C)C)cc(C(C)(C)C)c1O.CN(Cc1cc(C(C)(C)C)cc(C(C)(C)C)c1O)Cc1cc(C(C)(C)C)cc(C(C)(C)C)c1O.[K+].[Y]. The van der Waals surface area contributed by atoms with Gasteiger partial charge >= 0.3 is 51.4 Å². The number of benzene rings is 4. The van der Waals surface area contributed by atoms with Crippen LogP contribution in [0.5, 0.6) is 23.0 Å². The van der Waals surface area contributed by atoms with Crippen LogP contribution in [0.1, 0.15) is 233 Å². The smallest absolute Gasteiger partial charge is 0.507 e. The number of phenolic OH excluding ortho intramolecular Hbond substituents is 4. The molecule has 4 N–H and O–H groups in total. The Morgan fingerprint density at radius 3 is 0.543 bits per heavy atom. The van der Waals surface area contributed by atoms with Gasteiger partial charge < -0.3 is 20.4 Å². The first kappa shape index (κ1) is 66.8. The summed E-state index contributed by atoms with van der Waals surface area (Å²) in [4.78, 5) is 4.36. The molecule has 8 heteroatoms. The maximum Gasteiger partial charge on any atom is 1.00 e. The largest absolute Gasteiger partial charge is 1.00 e. The Kier molecular flexibility index (Phi) is 22.6. The molecule has 0 atom stereocenters. The molecule has 0 saturated carbocycles. The molecule has 0 unspecified atom stereocenters. The van der Waals surface area contributed by atoms with Crippen molar-refractivity contribution in [2.75, 3.05) is 14.1 Å². The number of hydrogen-bond acceptors (Lipinski definition) is 6. The van der Waals surface area contributed by atoms with E-state index in [4.69, 9.17) is 0 Å².